The molecular formula is C31H40O6. The fourth-order valence-corrected chi connectivity index (χ4v) is 3.68. The summed E-state index contributed by atoms with van der Waals surface area (Å²) in [6.45, 7) is 6.43. The van der Waals surface area contributed by atoms with Gasteiger partial charge in [0.1, 0.15) is 17.1 Å². The van der Waals surface area contributed by atoms with Gasteiger partial charge in [0.05, 0.1) is 26.4 Å². The minimum absolute atomic E-state index is 0.0715. The van der Waals surface area contributed by atoms with Gasteiger partial charge in [-0.2, -0.15) is 0 Å². The van der Waals surface area contributed by atoms with E-state index < -0.39 is 11.6 Å². The topological polar surface area (TPSA) is 85.2 Å². The largest absolute Gasteiger partial charge is 0.497 e. The molecule has 0 aliphatic rings. The van der Waals surface area contributed by atoms with Crippen LogP contribution in [0.2, 0.25) is 0 Å². The van der Waals surface area contributed by atoms with E-state index in [1.807, 2.05) is 75.4 Å². The third-order valence-corrected chi connectivity index (χ3v) is 5.44. The Morgan fingerprint density at radius 1 is 1.03 bits per heavy atom. The van der Waals surface area contributed by atoms with E-state index in [-0.39, 0.29) is 6.42 Å². The number of aliphatic carboxylic acids is 1. The number of hydrogen-bond donors (Lipinski definition) is 2. The molecule has 0 aliphatic carbocycles. The molecule has 0 aromatic heterocycles. The minimum Gasteiger partial charge on any atom is -0.497 e. The van der Waals surface area contributed by atoms with Crippen LogP contribution in [0.5, 0.6) is 11.5 Å². The summed E-state index contributed by atoms with van der Waals surface area (Å²) < 4.78 is 16.0. The average Bonchev–Trinajstić information content (AvgIpc) is 2.93. The van der Waals surface area contributed by atoms with Gasteiger partial charge in [-0.3, -0.25) is 4.79 Å². The number of carboxylic acid groups (broad SMARTS) is 1. The number of allylic oxidation sites excluding steroid dienone is 1. The van der Waals surface area contributed by atoms with Crippen LogP contribution in [0.15, 0.2) is 66.3 Å². The van der Waals surface area contributed by atoms with Crippen molar-refractivity contribution in [2.45, 2.75) is 52.1 Å². The highest BCUT2D eigenvalue weighted by Crippen LogP contribution is 2.40. The first-order chi connectivity index (χ1) is 17.9. The molecule has 2 rings (SSSR count). The van der Waals surface area contributed by atoms with Crippen LogP contribution in [-0.4, -0.2) is 44.1 Å². The lowest BCUT2D eigenvalue weighted by molar-refractivity contribution is -0.137. The predicted octanol–water partition coefficient (Wildman–Crippen LogP) is 6.11. The van der Waals surface area contributed by atoms with Gasteiger partial charge in [0.25, 0.3) is 0 Å². The van der Waals surface area contributed by atoms with E-state index in [0.717, 1.165) is 6.42 Å². The van der Waals surface area contributed by atoms with E-state index in [1.165, 1.54) is 0 Å². The summed E-state index contributed by atoms with van der Waals surface area (Å²) in [5, 5.41) is 21.1. The van der Waals surface area contributed by atoms with Crippen LogP contribution in [0.25, 0.3) is 0 Å². The van der Waals surface area contributed by atoms with E-state index in [1.54, 1.807) is 27.4 Å². The Kier molecular flexibility index (Phi) is 14.5. The number of ether oxygens (including phenoxy) is 3. The van der Waals surface area contributed by atoms with Gasteiger partial charge in [0, 0.05) is 20.0 Å². The van der Waals surface area contributed by atoms with Gasteiger partial charge in [-0.15, -0.1) is 0 Å². The summed E-state index contributed by atoms with van der Waals surface area (Å²) in [6.07, 6.45) is 7.43. The molecule has 6 heteroatoms. The fraction of sp³-hybridized carbons (Fsp3) is 0.387. The summed E-state index contributed by atoms with van der Waals surface area (Å²) in [6, 6.07) is 12.7. The van der Waals surface area contributed by atoms with E-state index in [4.69, 9.17) is 19.3 Å². The Hall–Kier alpha value is -3.53. The van der Waals surface area contributed by atoms with E-state index in [9.17, 15) is 9.90 Å². The van der Waals surface area contributed by atoms with Gasteiger partial charge in [0.15, 0.2) is 0 Å². The van der Waals surface area contributed by atoms with Crippen LogP contribution in [0.3, 0.4) is 0 Å². The van der Waals surface area contributed by atoms with E-state index in [2.05, 4.69) is 11.8 Å². The van der Waals surface area contributed by atoms with Crippen molar-refractivity contribution in [2.24, 2.45) is 0 Å². The number of methoxy groups -OCH3 is 3. The Morgan fingerprint density at radius 3 is 2.27 bits per heavy atom. The summed E-state index contributed by atoms with van der Waals surface area (Å²) in [7, 11) is 4.78. The smallest absolute Gasteiger partial charge is 0.303 e. The van der Waals surface area contributed by atoms with Crippen LogP contribution in [0.4, 0.5) is 0 Å². The van der Waals surface area contributed by atoms with Gasteiger partial charge in [-0.25, -0.2) is 0 Å². The molecule has 0 bridgehead atoms. The van der Waals surface area contributed by atoms with Crippen LogP contribution >= 0.6 is 0 Å². The SMILES string of the molecule is CC.CC/C=C(\C=C/COC)C(O)(c1ccc(OC)cc1)c1ccc(OC)c(C#CCCCC(=O)O)c1. The van der Waals surface area contributed by atoms with Crippen molar-refractivity contribution in [3.63, 3.8) is 0 Å². The molecular weight excluding hydrogens is 468 g/mol. The summed E-state index contributed by atoms with van der Waals surface area (Å²) in [5.41, 5.74) is 1.14. The third-order valence-electron chi connectivity index (χ3n) is 5.44. The number of rotatable bonds is 12. The number of carbonyl (C=O) groups is 1. The molecule has 0 radical (unpaired) electrons. The first-order valence-corrected chi connectivity index (χ1v) is 12.5. The van der Waals surface area contributed by atoms with Crippen LogP contribution in [0.1, 0.15) is 63.1 Å². The normalized spacial score (nSPS) is 12.6. The molecule has 6 nitrogen and oxygen atoms in total. The zero-order valence-electron chi connectivity index (χ0n) is 22.8. The lowest BCUT2D eigenvalue weighted by Gasteiger charge is -2.32. The van der Waals surface area contributed by atoms with Crippen molar-refractivity contribution in [3.05, 3.63) is 83.0 Å². The number of unbranched alkanes of at least 4 members (excludes halogenated alkanes) is 1. The fourth-order valence-electron chi connectivity index (χ4n) is 3.68. The number of hydrogen-bond acceptors (Lipinski definition) is 5. The maximum atomic E-state index is 12.3. The van der Waals surface area contributed by atoms with Gasteiger partial charge in [0.2, 0.25) is 0 Å². The number of benzene rings is 2. The van der Waals surface area contributed by atoms with Gasteiger partial charge >= 0.3 is 5.97 Å². The zero-order chi connectivity index (χ0) is 27.7. The standard InChI is InChI=1S/C29H34O6.C2H6/c1-5-10-23(12-9-20-33-2)29(32,24-14-17-26(34-3)18-15-24)25-16-19-27(35-4)22(21-25)11-7-6-8-13-28(30)31;1-2/h9-10,12,14-19,21,32H,5-6,8,13,20H2,1-4H3,(H,30,31);1-2H3/b12-9-,23-10+;. The Labute approximate surface area is 221 Å². The molecule has 37 heavy (non-hydrogen) atoms. The van der Waals surface area contributed by atoms with Crippen molar-refractivity contribution in [3.8, 4) is 23.3 Å². The van der Waals surface area contributed by atoms with Crippen LogP contribution < -0.4 is 9.47 Å². The summed E-state index contributed by atoms with van der Waals surface area (Å²) in [4.78, 5) is 10.8. The van der Waals surface area contributed by atoms with Crippen molar-refractivity contribution >= 4 is 5.97 Å². The average molecular weight is 509 g/mol. The number of aliphatic hydroxyl groups is 1. The lowest BCUT2D eigenvalue weighted by Crippen LogP contribution is -2.29. The second kappa shape index (κ2) is 17.0. The molecule has 0 saturated heterocycles. The summed E-state index contributed by atoms with van der Waals surface area (Å²) in [5.74, 6) is 6.54. The second-order valence-electron chi connectivity index (χ2n) is 7.83. The van der Waals surface area contributed by atoms with E-state index in [0.29, 0.717) is 53.2 Å². The third kappa shape index (κ3) is 9.13. The zero-order valence-corrected chi connectivity index (χ0v) is 22.8. The molecule has 0 amide bonds. The lowest BCUT2D eigenvalue weighted by atomic mass is 9.78. The Balaban J connectivity index is 0.00000334. The number of carboxylic acids is 1. The maximum Gasteiger partial charge on any atom is 0.303 e. The highest BCUT2D eigenvalue weighted by atomic mass is 16.5. The monoisotopic (exact) mass is 508 g/mol. The first-order valence-electron chi connectivity index (χ1n) is 12.5. The molecule has 2 aromatic rings. The molecule has 1 atom stereocenters. The molecule has 200 valence electrons. The van der Waals surface area contributed by atoms with Crippen LogP contribution in [0, 0.1) is 11.8 Å². The van der Waals surface area contributed by atoms with E-state index >= 15 is 0 Å². The second-order valence-corrected chi connectivity index (χ2v) is 7.83. The van der Waals surface area contributed by atoms with Gasteiger partial charge in [-0.1, -0.05) is 69.0 Å². The molecule has 0 fully saturated rings. The molecule has 0 heterocycles. The van der Waals surface area contributed by atoms with Crippen LogP contribution in [-0.2, 0) is 15.1 Å². The predicted molar refractivity (Wildman–Crippen MR) is 148 cm³/mol. The van der Waals surface area contributed by atoms with Crippen molar-refractivity contribution in [1.82, 2.24) is 0 Å². The molecule has 0 aliphatic heterocycles. The molecule has 0 spiro atoms. The van der Waals surface area contributed by atoms with Gasteiger partial charge in [-0.05, 0) is 53.8 Å². The highest BCUT2D eigenvalue weighted by molar-refractivity contribution is 5.66. The summed E-state index contributed by atoms with van der Waals surface area (Å²) >= 11 is 0. The molecule has 0 saturated carbocycles. The maximum absolute atomic E-state index is 12.3. The minimum atomic E-state index is -1.47. The molecule has 1 unspecified atom stereocenters. The van der Waals surface area contributed by atoms with Gasteiger partial charge < -0.3 is 24.4 Å². The first kappa shape index (κ1) is 31.5. The Bertz CT molecular complexity index is 1090. The van der Waals surface area contributed by atoms with Crippen molar-refractivity contribution in [2.75, 3.05) is 27.9 Å². The van der Waals surface area contributed by atoms with Crippen molar-refractivity contribution in [1.29, 1.82) is 0 Å². The molecule has 2 aromatic carbocycles. The quantitative estimate of drug-likeness (QED) is 0.204. The highest BCUT2D eigenvalue weighted by Gasteiger charge is 2.35. The Morgan fingerprint density at radius 2 is 1.70 bits per heavy atom. The molecule has 2 N–H and O–H groups in total. The van der Waals surface area contributed by atoms with Crippen molar-refractivity contribution < 1.29 is 29.2 Å².